The minimum absolute atomic E-state index is 0.249. The second-order valence-electron chi connectivity index (χ2n) is 10.3. The maximum absolute atomic E-state index is 13.8. The molecule has 0 aliphatic heterocycles. The van der Waals surface area contributed by atoms with E-state index in [0.717, 1.165) is 16.7 Å². The molecule has 39 heavy (non-hydrogen) atoms. The molecule has 5 aromatic rings. The molecule has 0 saturated heterocycles. The highest BCUT2D eigenvalue weighted by atomic mass is 16.5. The molecule has 0 fully saturated rings. The van der Waals surface area contributed by atoms with Crippen molar-refractivity contribution in [2.45, 2.75) is 45.4 Å². The summed E-state index contributed by atoms with van der Waals surface area (Å²) in [5, 5.41) is 13.6. The molecule has 5 rings (SSSR count). The minimum Gasteiger partial charge on any atom is -0.493 e. The summed E-state index contributed by atoms with van der Waals surface area (Å²) in [7, 11) is 3.15. The number of tetrazole rings is 1. The van der Waals surface area contributed by atoms with Gasteiger partial charge < -0.3 is 18.9 Å². The zero-order valence-electron chi connectivity index (χ0n) is 22.7. The van der Waals surface area contributed by atoms with Gasteiger partial charge in [0.1, 0.15) is 11.8 Å². The smallest absolute Gasteiger partial charge is 0.253 e. The van der Waals surface area contributed by atoms with Crippen LogP contribution in [0.1, 0.15) is 49.5 Å². The zero-order chi connectivity index (χ0) is 27.6. The lowest BCUT2D eigenvalue weighted by Crippen LogP contribution is -2.37. The number of pyridine rings is 1. The van der Waals surface area contributed by atoms with Gasteiger partial charge in [-0.15, -0.1) is 5.10 Å². The van der Waals surface area contributed by atoms with Gasteiger partial charge in [0.05, 0.1) is 38.1 Å². The van der Waals surface area contributed by atoms with E-state index in [1.54, 1.807) is 31.2 Å². The Labute approximate surface area is 226 Å². The molecule has 3 heterocycles. The van der Waals surface area contributed by atoms with Gasteiger partial charge in [0, 0.05) is 23.6 Å². The predicted molar refractivity (Wildman–Crippen MR) is 147 cm³/mol. The van der Waals surface area contributed by atoms with Crippen LogP contribution in [0.25, 0.3) is 10.9 Å². The van der Waals surface area contributed by atoms with E-state index in [2.05, 4.69) is 37.5 Å². The van der Waals surface area contributed by atoms with Crippen LogP contribution < -0.4 is 15.0 Å². The van der Waals surface area contributed by atoms with Gasteiger partial charge in [-0.25, -0.2) is 4.68 Å². The third-order valence-electron chi connectivity index (χ3n) is 6.58. The van der Waals surface area contributed by atoms with E-state index in [1.165, 1.54) is 0 Å². The lowest BCUT2D eigenvalue weighted by atomic mass is 10.0. The van der Waals surface area contributed by atoms with Crippen molar-refractivity contribution >= 4 is 10.9 Å². The fourth-order valence-corrected chi connectivity index (χ4v) is 4.75. The molecule has 1 atom stereocenters. The molecule has 10 heteroatoms. The largest absolute Gasteiger partial charge is 0.493 e. The minimum atomic E-state index is -0.606. The number of hydrogen-bond donors (Lipinski definition) is 1. The van der Waals surface area contributed by atoms with Crippen LogP contribution in [0.5, 0.6) is 11.5 Å². The number of aromatic nitrogens is 5. The van der Waals surface area contributed by atoms with Crippen molar-refractivity contribution in [1.82, 2.24) is 30.1 Å². The maximum atomic E-state index is 13.8. The Morgan fingerprint density at radius 2 is 1.74 bits per heavy atom. The molecule has 3 aromatic heterocycles. The van der Waals surface area contributed by atoms with Gasteiger partial charge in [0.25, 0.3) is 5.56 Å². The molecule has 0 bridgehead atoms. The van der Waals surface area contributed by atoms with Crippen molar-refractivity contribution < 1.29 is 13.9 Å². The van der Waals surface area contributed by atoms with Crippen molar-refractivity contribution in [3.05, 3.63) is 100.0 Å². The molecule has 0 saturated carbocycles. The summed E-state index contributed by atoms with van der Waals surface area (Å²) < 4.78 is 18.5. The average Bonchev–Trinajstić information content (AvgIpc) is 3.61. The van der Waals surface area contributed by atoms with Gasteiger partial charge in [-0.2, -0.15) is 0 Å². The average molecular weight is 529 g/mol. The van der Waals surface area contributed by atoms with E-state index in [0.29, 0.717) is 41.5 Å². The SMILES string of the molecule is COc1cc2cc([C@H](c3nnnn3C(C)(C)C)N(Cc3ccccc3)Cc3ccco3)c(=O)[nH]c2cc1OC. The molecule has 2 aromatic carbocycles. The molecule has 202 valence electrons. The van der Waals surface area contributed by atoms with Crippen LogP contribution in [0.15, 0.2) is 76.1 Å². The Morgan fingerprint density at radius 1 is 1.00 bits per heavy atom. The Morgan fingerprint density at radius 3 is 2.41 bits per heavy atom. The lowest BCUT2D eigenvalue weighted by Gasteiger charge is -2.32. The number of hydrogen-bond acceptors (Lipinski definition) is 8. The van der Waals surface area contributed by atoms with Crippen LogP contribution in [-0.2, 0) is 18.6 Å². The van der Waals surface area contributed by atoms with Gasteiger partial charge in [0.2, 0.25) is 0 Å². The highest BCUT2D eigenvalue weighted by molar-refractivity contribution is 5.83. The Bertz CT molecular complexity index is 1600. The highest BCUT2D eigenvalue weighted by Crippen LogP contribution is 2.35. The number of nitrogens with one attached hydrogen (secondary N) is 1. The van der Waals surface area contributed by atoms with Crippen molar-refractivity contribution in [1.29, 1.82) is 0 Å². The molecule has 0 aliphatic rings. The summed E-state index contributed by atoms with van der Waals surface area (Å²) >= 11 is 0. The topological polar surface area (TPSA) is 111 Å². The van der Waals surface area contributed by atoms with Crippen LogP contribution in [0.2, 0.25) is 0 Å². The first kappa shape index (κ1) is 26.2. The molecule has 1 N–H and O–H groups in total. The molecule has 0 amide bonds. The van der Waals surface area contributed by atoms with Crippen molar-refractivity contribution in [3.63, 3.8) is 0 Å². The fraction of sp³-hybridized carbons (Fsp3) is 0.310. The van der Waals surface area contributed by atoms with E-state index in [1.807, 2.05) is 63.2 Å². The van der Waals surface area contributed by atoms with Gasteiger partial charge in [-0.3, -0.25) is 9.69 Å². The fourth-order valence-electron chi connectivity index (χ4n) is 4.75. The van der Waals surface area contributed by atoms with Crippen LogP contribution in [0.4, 0.5) is 0 Å². The van der Waals surface area contributed by atoms with Gasteiger partial charge in [-0.05, 0) is 61.0 Å². The van der Waals surface area contributed by atoms with E-state index in [4.69, 9.17) is 13.9 Å². The van der Waals surface area contributed by atoms with Crippen LogP contribution >= 0.6 is 0 Å². The summed E-state index contributed by atoms with van der Waals surface area (Å²) in [5.41, 5.74) is 1.53. The molecule has 0 unspecified atom stereocenters. The normalized spacial score (nSPS) is 12.7. The number of H-pyrrole nitrogens is 1. The summed E-state index contributed by atoms with van der Waals surface area (Å²) in [5.74, 6) is 2.41. The van der Waals surface area contributed by atoms with E-state index >= 15 is 0 Å². The van der Waals surface area contributed by atoms with E-state index in [-0.39, 0.29) is 5.56 Å². The molecule has 10 nitrogen and oxygen atoms in total. The van der Waals surface area contributed by atoms with E-state index < -0.39 is 11.6 Å². The quantitative estimate of drug-likeness (QED) is 0.294. The van der Waals surface area contributed by atoms with Gasteiger partial charge in [0.15, 0.2) is 17.3 Å². The van der Waals surface area contributed by atoms with Gasteiger partial charge >= 0.3 is 0 Å². The predicted octanol–water partition coefficient (Wildman–Crippen LogP) is 4.67. The second kappa shape index (κ2) is 10.7. The molecule has 0 spiro atoms. The maximum Gasteiger partial charge on any atom is 0.253 e. The number of nitrogens with zero attached hydrogens (tertiary/aromatic N) is 5. The van der Waals surface area contributed by atoms with Crippen molar-refractivity contribution in [2.24, 2.45) is 0 Å². The summed E-state index contributed by atoms with van der Waals surface area (Å²) in [6.07, 6.45) is 1.65. The van der Waals surface area contributed by atoms with Crippen LogP contribution in [0.3, 0.4) is 0 Å². The lowest BCUT2D eigenvalue weighted by molar-refractivity contribution is 0.171. The zero-order valence-corrected chi connectivity index (χ0v) is 22.7. The third-order valence-corrected chi connectivity index (χ3v) is 6.58. The summed E-state index contributed by atoms with van der Waals surface area (Å²) in [6.45, 7) is 7.03. The summed E-state index contributed by atoms with van der Waals surface area (Å²) in [4.78, 5) is 19.0. The standard InChI is InChI=1S/C29H32N6O4/c1-29(2,3)35-27(31-32-33-35)26(34(18-21-12-9-13-39-21)17-19-10-7-6-8-11-19)22-14-20-15-24(37-4)25(38-5)16-23(20)30-28(22)36/h6-16,26H,17-18H2,1-5H3,(H,30,36)/t26-/m1/s1. The van der Waals surface area contributed by atoms with E-state index in [9.17, 15) is 4.79 Å². The number of benzene rings is 2. The van der Waals surface area contributed by atoms with Crippen molar-refractivity contribution in [3.8, 4) is 11.5 Å². The summed E-state index contributed by atoms with van der Waals surface area (Å²) in [6, 6.07) is 18.7. The first-order valence-corrected chi connectivity index (χ1v) is 12.7. The van der Waals surface area contributed by atoms with Gasteiger partial charge in [-0.1, -0.05) is 30.3 Å². The number of methoxy groups -OCH3 is 2. The first-order valence-electron chi connectivity index (χ1n) is 12.7. The molecule has 0 radical (unpaired) electrons. The highest BCUT2D eigenvalue weighted by Gasteiger charge is 2.34. The number of aromatic amines is 1. The Hall–Kier alpha value is -4.44. The number of ether oxygens (including phenoxy) is 2. The second-order valence-corrected chi connectivity index (χ2v) is 10.3. The molecular formula is C29H32N6O4. The third kappa shape index (κ3) is 5.42. The van der Waals surface area contributed by atoms with Crippen LogP contribution in [-0.4, -0.2) is 44.3 Å². The van der Waals surface area contributed by atoms with Crippen LogP contribution in [0, 0.1) is 0 Å². The monoisotopic (exact) mass is 528 g/mol. The Kier molecular flexibility index (Phi) is 7.21. The first-order chi connectivity index (χ1) is 18.8. The number of fused-ring (bicyclic) bond motifs is 1. The number of rotatable bonds is 9. The number of furan rings is 1. The molecule has 0 aliphatic carbocycles. The Balaban J connectivity index is 1.74. The van der Waals surface area contributed by atoms with Crippen molar-refractivity contribution in [2.75, 3.05) is 14.2 Å². The molecular weight excluding hydrogens is 496 g/mol.